The molecule has 0 aliphatic carbocycles. The number of aryl methyl sites for hydroxylation is 1. The van der Waals surface area contributed by atoms with E-state index in [0.29, 0.717) is 19.5 Å². The Kier molecular flexibility index (Phi) is 3.50. The minimum atomic E-state index is -3.44. The molecule has 0 aromatic carbocycles. The van der Waals surface area contributed by atoms with Crippen LogP contribution >= 0.6 is 0 Å². The molecule has 0 amide bonds. The van der Waals surface area contributed by atoms with Gasteiger partial charge in [-0.15, -0.1) is 0 Å². The first kappa shape index (κ1) is 12.5. The van der Waals surface area contributed by atoms with E-state index in [1.54, 1.807) is 11.6 Å². The van der Waals surface area contributed by atoms with Gasteiger partial charge in [0.1, 0.15) is 0 Å². The quantitative estimate of drug-likeness (QED) is 0.804. The molecule has 2 N–H and O–H groups in total. The first-order valence-corrected chi connectivity index (χ1v) is 7.18. The minimum Gasteiger partial charge on any atom is -0.339 e. The molecule has 0 saturated carbocycles. The second-order valence-corrected chi connectivity index (χ2v) is 6.36. The average Bonchev–Trinajstić information content (AvgIpc) is 2.58. The van der Waals surface area contributed by atoms with Gasteiger partial charge in [-0.2, -0.15) is 4.31 Å². The van der Waals surface area contributed by atoms with Gasteiger partial charge in [0.25, 0.3) is 10.0 Å². The molecule has 1 saturated heterocycles. The summed E-state index contributed by atoms with van der Waals surface area (Å²) in [4.78, 5) is 3.91. The minimum absolute atomic E-state index is 0.110. The van der Waals surface area contributed by atoms with Crippen LogP contribution in [0.4, 0.5) is 0 Å². The smallest absolute Gasteiger partial charge is 0.262 e. The fraction of sp³-hybridized carbons (Fsp3) is 0.700. The Morgan fingerprint density at radius 3 is 2.82 bits per heavy atom. The summed E-state index contributed by atoms with van der Waals surface area (Å²) < 4.78 is 27.7. The van der Waals surface area contributed by atoms with Gasteiger partial charge in [0.05, 0.1) is 6.33 Å². The first-order chi connectivity index (χ1) is 8.00. The predicted molar refractivity (Wildman–Crippen MR) is 63.8 cm³/mol. The van der Waals surface area contributed by atoms with Crippen molar-refractivity contribution in [3.8, 4) is 0 Å². The van der Waals surface area contributed by atoms with E-state index in [-0.39, 0.29) is 11.1 Å². The van der Waals surface area contributed by atoms with E-state index < -0.39 is 10.0 Å². The molecule has 0 radical (unpaired) electrons. The van der Waals surface area contributed by atoms with E-state index in [2.05, 4.69) is 4.98 Å². The van der Waals surface area contributed by atoms with Gasteiger partial charge in [0.15, 0.2) is 5.03 Å². The molecule has 1 fully saturated rings. The highest BCUT2D eigenvalue weighted by atomic mass is 32.2. The van der Waals surface area contributed by atoms with Gasteiger partial charge >= 0.3 is 0 Å². The zero-order valence-electron chi connectivity index (χ0n) is 9.91. The molecule has 7 heteroatoms. The molecule has 0 unspecified atom stereocenters. The van der Waals surface area contributed by atoms with E-state index in [9.17, 15) is 8.42 Å². The number of sulfonamides is 1. The van der Waals surface area contributed by atoms with Crippen LogP contribution in [0.1, 0.15) is 19.3 Å². The van der Waals surface area contributed by atoms with Crippen LogP contribution in [0.5, 0.6) is 0 Å². The molecule has 0 spiro atoms. The van der Waals surface area contributed by atoms with Crippen LogP contribution in [-0.4, -0.2) is 41.4 Å². The van der Waals surface area contributed by atoms with Crippen LogP contribution in [0, 0.1) is 0 Å². The highest BCUT2D eigenvalue weighted by molar-refractivity contribution is 7.89. The average molecular weight is 258 g/mol. The van der Waals surface area contributed by atoms with E-state index in [1.165, 1.54) is 16.8 Å². The molecular weight excluding hydrogens is 240 g/mol. The topological polar surface area (TPSA) is 81.2 Å². The van der Waals surface area contributed by atoms with Crippen molar-refractivity contribution in [3.63, 3.8) is 0 Å². The monoisotopic (exact) mass is 258 g/mol. The molecule has 2 heterocycles. The summed E-state index contributed by atoms with van der Waals surface area (Å²) in [5, 5.41) is 0.121. The lowest BCUT2D eigenvalue weighted by atomic mass is 10.1. The number of rotatable bonds is 2. The van der Waals surface area contributed by atoms with Gasteiger partial charge in [-0.25, -0.2) is 13.4 Å². The maximum Gasteiger partial charge on any atom is 0.262 e. The fourth-order valence-corrected chi connectivity index (χ4v) is 3.45. The maximum atomic E-state index is 12.3. The van der Waals surface area contributed by atoms with Gasteiger partial charge < -0.3 is 10.3 Å². The highest BCUT2D eigenvalue weighted by Gasteiger charge is 2.28. The number of nitrogens with zero attached hydrogens (tertiary/aromatic N) is 3. The van der Waals surface area contributed by atoms with Crippen molar-refractivity contribution < 1.29 is 8.42 Å². The van der Waals surface area contributed by atoms with Crippen molar-refractivity contribution >= 4 is 10.0 Å². The lowest BCUT2D eigenvalue weighted by molar-refractivity contribution is 0.420. The molecule has 0 bridgehead atoms. The lowest BCUT2D eigenvalue weighted by Gasteiger charge is -2.18. The summed E-state index contributed by atoms with van der Waals surface area (Å²) in [6.07, 6.45) is 5.43. The Morgan fingerprint density at radius 2 is 2.18 bits per heavy atom. The maximum absolute atomic E-state index is 12.3. The largest absolute Gasteiger partial charge is 0.339 e. The Labute approximate surface area is 101 Å². The molecule has 1 aliphatic heterocycles. The molecule has 1 aromatic heterocycles. The summed E-state index contributed by atoms with van der Waals surface area (Å²) in [5.41, 5.74) is 5.84. The summed E-state index contributed by atoms with van der Waals surface area (Å²) in [7, 11) is -1.69. The summed E-state index contributed by atoms with van der Waals surface area (Å²) in [6.45, 7) is 1.02. The Morgan fingerprint density at radius 1 is 1.41 bits per heavy atom. The number of hydrogen-bond acceptors (Lipinski definition) is 4. The van der Waals surface area contributed by atoms with E-state index >= 15 is 0 Å². The van der Waals surface area contributed by atoms with Gasteiger partial charge in [0, 0.05) is 32.4 Å². The van der Waals surface area contributed by atoms with Crippen LogP contribution in [0.2, 0.25) is 0 Å². The lowest BCUT2D eigenvalue weighted by Crippen LogP contribution is -2.33. The Hall–Kier alpha value is -0.920. The summed E-state index contributed by atoms with van der Waals surface area (Å²) >= 11 is 0. The zero-order valence-corrected chi connectivity index (χ0v) is 10.7. The molecule has 6 nitrogen and oxygen atoms in total. The molecule has 96 valence electrons. The van der Waals surface area contributed by atoms with Crippen LogP contribution < -0.4 is 5.73 Å². The third-order valence-corrected chi connectivity index (χ3v) is 4.80. The third-order valence-electron chi connectivity index (χ3n) is 3.02. The van der Waals surface area contributed by atoms with E-state index in [0.717, 1.165) is 12.8 Å². The third kappa shape index (κ3) is 2.67. The standard InChI is InChI=1S/C10H18N4O2S/c1-13-7-10(12-8-13)17(15,16)14-5-2-3-9(11)4-6-14/h7-9H,2-6,11H2,1H3/t9-/m0/s1. The summed E-state index contributed by atoms with van der Waals surface area (Å²) in [5.74, 6) is 0. The molecule has 1 atom stereocenters. The van der Waals surface area contributed by atoms with Crippen molar-refractivity contribution in [2.45, 2.75) is 30.3 Å². The fourth-order valence-electron chi connectivity index (χ4n) is 1.99. The number of aromatic nitrogens is 2. The molecule has 17 heavy (non-hydrogen) atoms. The zero-order chi connectivity index (χ0) is 12.5. The van der Waals surface area contributed by atoms with E-state index in [1.807, 2.05) is 0 Å². The van der Waals surface area contributed by atoms with Gasteiger partial charge in [-0.05, 0) is 19.3 Å². The second kappa shape index (κ2) is 4.75. The van der Waals surface area contributed by atoms with Crippen LogP contribution in [-0.2, 0) is 17.1 Å². The predicted octanol–water partition coefficient (Wildman–Crippen LogP) is -0.0780. The first-order valence-electron chi connectivity index (χ1n) is 5.74. The molecule has 1 aliphatic rings. The van der Waals surface area contributed by atoms with Gasteiger partial charge in [0.2, 0.25) is 0 Å². The SMILES string of the molecule is Cn1cnc(S(=O)(=O)N2CCC[C@H](N)CC2)c1. The van der Waals surface area contributed by atoms with Crippen molar-refractivity contribution in [2.24, 2.45) is 12.8 Å². The van der Waals surface area contributed by atoms with Crippen LogP contribution in [0.15, 0.2) is 17.6 Å². The van der Waals surface area contributed by atoms with Crippen molar-refractivity contribution in [2.75, 3.05) is 13.1 Å². The van der Waals surface area contributed by atoms with Crippen LogP contribution in [0.25, 0.3) is 0 Å². The van der Waals surface area contributed by atoms with Gasteiger partial charge in [-0.3, -0.25) is 0 Å². The summed E-state index contributed by atoms with van der Waals surface area (Å²) in [6, 6.07) is 0.110. The number of nitrogens with two attached hydrogens (primary N) is 1. The Balaban J connectivity index is 2.20. The molecule has 1 aromatic rings. The van der Waals surface area contributed by atoms with Crippen molar-refractivity contribution in [3.05, 3.63) is 12.5 Å². The normalized spacial score (nSPS) is 23.5. The molecular formula is C10H18N4O2S. The number of hydrogen-bond donors (Lipinski definition) is 1. The van der Waals surface area contributed by atoms with Crippen molar-refractivity contribution in [1.82, 2.24) is 13.9 Å². The second-order valence-electron chi connectivity index (χ2n) is 4.47. The molecule has 2 rings (SSSR count). The van der Waals surface area contributed by atoms with Gasteiger partial charge in [-0.1, -0.05) is 0 Å². The Bertz CT molecular complexity index is 482. The van der Waals surface area contributed by atoms with E-state index in [4.69, 9.17) is 5.73 Å². The number of imidazole rings is 1. The van der Waals surface area contributed by atoms with Crippen LogP contribution in [0.3, 0.4) is 0 Å². The van der Waals surface area contributed by atoms with Crippen molar-refractivity contribution in [1.29, 1.82) is 0 Å². The highest BCUT2D eigenvalue weighted by Crippen LogP contribution is 2.18.